The van der Waals surface area contributed by atoms with Crippen molar-refractivity contribution in [3.8, 4) is 0 Å². The molecule has 2 unspecified atom stereocenters. The minimum Gasteiger partial charge on any atom is -0.382 e. The van der Waals surface area contributed by atoms with Crippen LogP contribution in [0.4, 0.5) is 0 Å². The first-order valence-electron chi connectivity index (χ1n) is 3.40. The molecule has 0 aromatic carbocycles. The first kappa shape index (κ1) is 9.66. The first-order valence-corrected chi connectivity index (χ1v) is 3.40. The van der Waals surface area contributed by atoms with Crippen molar-refractivity contribution in [1.29, 1.82) is 0 Å². The van der Waals surface area contributed by atoms with Crippen LogP contribution in [0, 0.1) is 5.92 Å². The maximum absolute atomic E-state index is 5.15. The zero-order chi connectivity index (χ0) is 7.98. The van der Waals surface area contributed by atoms with Crippen molar-refractivity contribution in [2.45, 2.75) is 13.0 Å². The predicted molar refractivity (Wildman–Crippen MR) is 42.0 cm³/mol. The Morgan fingerprint density at radius 2 is 2.10 bits per heavy atom. The van der Waals surface area contributed by atoms with Gasteiger partial charge in [-0.25, -0.2) is 0 Å². The van der Waals surface area contributed by atoms with Gasteiger partial charge in [0.2, 0.25) is 0 Å². The standard InChI is InChI=1S/C8H16O2/c1-5-7(2)8(10-4)6-9-3/h5,7-8H,1,6H2,2-4H3. The molecule has 0 fully saturated rings. The van der Waals surface area contributed by atoms with Gasteiger partial charge < -0.3 is 9.47 Å². The number of hydrogen-bond donors (Lipinski definition) is 0. The third kappa shape index (κ3) is 2.99. The highest BCUT2D eigenvalue weighted by Crippen LogP contribution is 2.07. The molecule has 0 spiro atoms. The minimum absolute atomic E-state index is 0.141. The number of ether oxygens (including phenoxy) is 2. The van der Waals surface area contributed by atoms with Crippen molar-refractivity contribution >= 4 is 0 Å². The van der Waals surface area contributed by atoms with Gasteiger partial charge in [0.15, 0.2) is 0 Å². The van der Waals surface area contributed by atoms with E-state index in [-0.39, 0.29) is 6.10 Å². The molecule has 2 heteroatoms. The van der Waals surface area contributed by atoms with E-state index in [0.29, 0.717) is 12.5 Å². The fourth-order valence-electron chi connectivity index (χ4n) is 0.751. The fraction of sp³-hybridized carbons (Fsp3) is 0.750. The fourth-order valence-corrected chi connectivity index (χ4v) is 0.751. The lowest BCUT2D eigenvalue weighted by atomic mass is 10.1. The molecule has 0 heterocycles. The average molecular weight is 144 g/mol. The lowest BCUT2D eigenvalue weighted by Crippen LogP contribution is -2.23. The Labute approximate surface area is 62.8 Å². The summed E-state index contributed by atoms with van der Waals surface area (Å²) >= 11 is 0. The summed E-state index contributed by atoms with van der Waals surface area (Å²) in [6.07, 6.45) is 2.01. The van der Waals surface area contributed by atoms with Gasteiger partial charge in [0.1, 0.15) is 0 Å². The molecule has 0 saturated heterocycles. The van der Waals surface area contributed by atoms with Crippen LogP contribution in [-0.4, -0.2) is 26.9 Å². The van der Waals surface area contributed by atoms with E-state index >= 15 is 0 Å². The summed E-state index contributed by atoms with van der Waals surface area (Å²) in [7, 11) is 3.35. The van der Waals surface area contributed by atoms with Gasteiger partial charge in [-0.2, -0.15) is 0 Å². The molecule has 60 valence electrons. The lowest BCUT2D eigenvalue weighted by Gasteiger charge is -2.18. The number of methoxy groups -OCH3 is 2. The number of rotatable bonds is 5. The van der Waals surface area contributed by atoms with Crippen LogP contribution < -0.4 is 0 Å². The highest BCUT2D eigenvalue weighted by Gasteiger charge is 2.12. The second kappa shape index (κ2) is 5.45. The SMILES string of the molecule is C=CC(C)C(COC)OC. The van der Waals surface area contributed by atoms with Crippen LogP contribution in [0.15, 0.2) is 12.7 Å². The Kier molecular flexibility index (Phi) is 5.26. The van der Waals surface area contributed by atoms with Crippen LogP contribution in [0.2, 0.25) is 0 Å². The monoisotopic (exact) mass is 144 g/mol. The predicted octanol–water partition coefficient (Wildman–Crippen LogP) is 1.47. The van der Waals surface area contributed by atoms with Gasteiger partial charge in [-0.15, -0.1) is 6.58 Å². The molecule has 0 saturated carbocycles. The van der Waals surface area contributed by atoms with E-state index in [1.54, 1.807) is 14.2 Å². The molecule has 2 nitrogen and oxygen atoms in total. The molecule has 0 aromatic rings. The quantitative estimate of drug-likeness (QED) is 0.544. The summed E-state index contributed by atoms with van der Waals surface area (Å²) in [5.74, 6) is 0.352. The molecule has 0 amide bonds. The van der Waals surface area contributed by atoms with Crippen LogP contribution in [0.3, 0.4) is 0 Å². The number of hydrogen-bond acceptors (Lipinski definition) is 2. The molecule has 0 aliphatic heterocycles. The second-order valence-corrected chi connectivity index (χ2v) is 2.32. The summed E-state index contributed by atoms with van der Waals surface area (Å²) in [5, 5.41) is 0. The molecular weight excluding hydrogens is 128 g/mol. The first-order chi connectivity index (χ1) is 4.76. The van der Waals surface area contributed by atoms with E-state index in [9.17, 15) is 0 Å². The highest BCUT2D eigenvalue weighted by atomic mass is 16.5. The summed E-state index contributed by atoms with van der Waals surface area (Å²) < 4.78 is 10.1. The van der Waals surface area contributed by atoms with Gasteiger partial charge in [-0.1, -0.05) is 13.0 Å². The van der Waals surface area contributed by atoms with Gasteiger partial charge in [0, 0.05) is 20.1 Å². The van der Waals surface area contributed by atoms with E-state index in [4.69, 9.17) is 9.47 Å². The molecule has 0 rings (SSSR count). The summed E-state index contributed by atoms with van der Waals surface area (Å²) in [6, 6.07) is 0. The van der Waals surface area contributed by atoms with Crippen molar-refractivity contribution in [1.82, 2.24) is 0 Å². The van der Waals surface area contributed by atoms with Crippen molar-refractivity contribution < 1.29 is 9.47 Å². The van der Waals surface area contributed by atoms with Crippen molar-refractivity contribution in [3.05, 3.63) is 12.7 Å². The largest absolute Gasteiger partial charge is 0.382 e. The van der Waals surface area contributed by atoms with Crippen LogP contribution in [0.5, 0.6) is 0 Å². The van der Waals surface area contributed by atoms with E-state index in [2.05, 4.69) is 13.5 Å². The topological polar surface area (TPSA) is 18.5 Å². The Bertz CT molecular complexity index is 91.3. The Morgan fingerprint density at radius 1 is 1.50 bits per heavy atom. The highest BCUT2D eigenvalue weighted by molar-refractivity contribution is 4.81. The van der Waals surface area contributed by atoms with Gasteiger partial charge in [-0.05, 0) is 0 Å². The summed E-state index contributed by atoms with van der Waals surface area (Å²) in [5.41, 5.74) is 0. The van der Waals surface area contributed by atoms with Crippen molar-refractivity contribution in [2.75, 3.05) is 20.8 Å². The van der Waals surface area contributed by atoms with Crippen molar-refractivity contribution in [2.24, 2.45) is 5.92 Å². The maximum Gasteiger partial charge on any atom is 0.0864 e. The minimum atomic E-state index is 0.141. The van der Waals surface area contributed by atoms with Crippen molar-refractivity contribution in [3.63, 3.8) is 0 Å². The molecular formula is C8H16O2. The van der Waals surface area contributed by atoms with E-state index in [0.717, 1.165) is 0 Å². The molecule has 0 aliphatic carbocycles. The average Bonchev–Trinajstić information content (AvgIpc) is 1.99. The Balaban J connectivity index is 3.67. The summed E-state index contributed by atoms with van der Waals surface area (Å²) in [6.45, 7) is 6.36. The summed E-state index contributed by atoms with van der Waals surface area (Å²) in [4.78, 5) is 0. The molecule has 0 N–H and O–H groups in total. The molecule has 0 radical (unpaired) electrons. The molecule has 10 heavy (non-hydrogen) atoms. The maximum atomic E-state index is 5.15. The molecule has 0 aromatic heterocycles. The van der Waals surface area contributed by atoms with Crippen LogP contribution in [-0.2, 0) is 9.47 Å². The van der Waals surface area contributed by atoms with Crippen LogP contribution in [0.25, 0.3) is 0 Å². The van der Waals surface area contributed by atoms with E-state index in [1.165, 1.54) is 0 Å². The Hall–Kier alpha value is -0.340. The zero-order valence-electron chi connectivity index (χ0n) is 6.96. The van der Waals surface area contributed by atoms with Gasteiger partial charge in [0.25, 0.3) is 0 Å². The zero-order valence-corrected chi connectivity index (χ0v) is 6.96. The third-order valence-electron chi connectivity index (χ3n) is 1.59. The van der Waals surface area contributed by atoms with E-state index in [1.807, 2.05) is 6.08 Å². The van der Waals surface area contributed by atoms with E-state index < -0.39 is 0 Å². The third-order valence-corrected chi connectivity index (χ3v) is 1.59. The second-order valence-electron chi connectivity index (χ2n) is 2.32. The van der Waals surface area contributed by atoms with Gasteiger partial charge in [0.05, 0.1) is 12.7 Å². The van der Waals surface area contributed by atoms with Gasteiger partial charge >= 0.3 is 0 Å². The molecule has 0 bridgehead atoms. The Morgan fingerprint density at radius 3 is 2.40 bits per heavy atom. The molecule has 0 aliphatic rings. The molecule has 2 atom stereocenters. The normalized spacial score (nSPS) is 16.3. The van der Waals surface area contributed by atoms with Crippen LogP contribution in [0.1, 0.15) is 6.92 Å². The smallest absolute Gasteiger partial charge is 0.0864 e. The van der Waals surface area contributed by atoms with Gasteiger partial charge in [-0.3, -0.25) is 0 Å². The van der Waals surface area contributed by atoms with Crippen LogP contribution >= 0.6 is 0 Å². The lowest BCUT2D eigenvalue weighted by molar-refractivity contribution is 0.00798.